The van der Waals surface area contributed by atoms with Crippen LogP contribution in [0.3, 0.4) is 0 Å². The van der Waals surface area contributed by atoms with E-state index in [9.17, 15) is 0 Å². The molecule has 0 spiro atoms. The van der Waals surface area contributed by atoms with Crippen LogP contribution in [0.4, 0.5) is 5.95 Å². The van der Waals surface area contributed by atoms with Gasteiger partial charge in [0.15, 0.2) is 10.8 Å². The minimum absolute atomic E-state index is 0.484. The first-order valence-corrected chi connectivity index (χ1v) is 10.8. The van der Waals surface area contributed by atoms with Gasteiger partial charge in [-0.2, -0.15) is 5.10 Å². The van der Waals surface area contributed by atoms with Crippen molar-refractivity contribution in [2.45, 2.75) is 36.0 Å². The van der Waals surface area contributed by atoms with E-state index in [1.807, 2.05) is 29.6 Å². The molecule has 0 unspecified atom stereocenters. The zero-order chi connectivity index (χ0) is 19.4. The van der Waals surface area contributed by atoms with Crippen molar-refractivity contribution in [3.63, 3.8) is 0 Å². The quantitative estimate of drug-likeness (QED) is 0.481. The largest absolute Gasteiger partial charge is 0.378 e. The van der Waals surface area contributed by atoms with Gasteiger partial charge in [0.25, 0.3) is 0 Å². The third-order valence-corrected chi connectivity index (χ3v) is 6.40. The predicted molar refractivity (Wildman–Crippen MR) is 111 cm³/mol. The molecule has 0 bridgehead atoms. The second-order valence-electron chi connectivity index (χ2n) is 7.58. The van der Waals surface area contributed by atoms with E-state index in [1.165, 1.54) is 12.8 Å². The molecule has 1 aliphatic heterocycles. The van der Waals surface area contributed by atoms with E-state index in [0.717, 1.165) is 64.7 Å². The molecule has 3 aromatic heterocycles. The molecule has 1 saturated heterocycles. The maximum Gasteiger partial charge on any atom is 0.228 e. The van der Waals surface area contributed by atoms with Gasteiger partial charge in [-0.3, -0.25) is 4.57 Å². The van der Waals surface area contributed by atoms with Crippen LogP contribution >= 0.6 is 11.8 Å². The van der Waals surface area contributed by atoms with Crippen molar-refractivity contribution in [1.29, 1.82) is 0 Å². The monoisotopic (exact) mass is 407 g/mol. The zero-order valence-electron chi connectivity index (χ0n) is 16.2. The highest BCUT2D eigenvalue weighted by molar-refractivity contribution is 7.99. The summed E-state index contributed by atoms with van der Waals surface area (Å²) in [6.45, 7) is 5.19. The molecule has 1 aliphatic carbocycles. The Balaban J connectivity index is 1.46. The Hall–Kier alpha value is -2.65. The van der Waals surface area contributed by atoms with Crippen molar-refractivity contribution in [1.82, 2.24) is 29.4 Å². The maximum atomic E-state index is 5.51. The zero-order valence-corrected chi connectivity index (χ0v) is 17.0. The summed E-state index contributed by atoms with van der Waals surface area (Å²) in [7, 11) is 0. The normalized spacial score (nSPS) is 17.5. The molecule has 6 rings (SSSR count). The molecular formula is C20H21N7OS. The highest BCUT2D eigenvalue weighted by Gasteiger charge is 2.32. The Morgan fingerprint density at radius 1 is 1.10 bits per heavy atom. The summed E-state index contributed by atoms with van der Waals surface area (Å²) >= 11 is 1.60. The molecule has 2 fully saturated rings. The van der Waals surface area contributed by atoms with Gasteiger partial charge in [-0.25, -0.2) is 9.50 Å². The Morgan fingerprint density at radius 2 is 1.93 bits per heavy atom. The van der Waals surface area contributed by atoms with Gasteiger partial charge in [-0.05, 0) is 37.6 Å². The molecule has 4 heterocycles. The first-order valence-electron chi connectivity index (χ1n) is 9.98. The summed E-state index contributed by atoms with van der Waals surface area (Å²) in [5.74, 6) is 0.962. The minimum Gasteiger partial charge on any atom is -0.378 e. The molecule has 148 valence electrons. The average Bonchev–Trinajstić information content (AvgIpc) is 3.39. The van der Waals surface area contributed by atoms with Gasteiger partial charge in [-0.1, -0.05) is 18.2 Å². The molecule has 0 amide bonds. The molecule has 8 nitrogen and oxygen atoms in total. The number of ether oxygens (including phenoxy) is 1. The lowest BCUT2D eigenvalue weighted by Gasteiger charge is -2.27. The lowest BCUT2D eigenvalue weighted by atomic mass is 10.2. The summed E-state index contributed by atoms with van der Waals surface area (Å²) in [4.78, 5) is 7.20. The topological polar surface area (TPSA) is 73.4 Å². The number of aryl methyl sites for hydroxylation is 1. The molecule has 9 heteroatoms. The Bertz CT molecular complexity index is 1210. The predicted octanol–water partition coefficient (Wildman–Crippen LogP) is 3.11. The fourth-order valence-electron chi connectivity index (χ4n) is 3.88. The standard InChI is InChI=1S/C20H21N7OS/c1-13-12-17-21-18(15-4-2-3-5-16(15)27(17)24-13)29-20-23-22-19(26(20)14-6-7-14)25-8-10-28-11-9-25/h2-5,12,14H,6-11H2,1H3. The van der Waals surface area contributed by atoms with Crippen molar-refractivity contribution < 1.29 is 4.74 Å². The smallest absolute Gasteiger partial charge is 0.228 e. The molecule has 1 aromatic carbocycles. The molecule has 0 atom stereocenters. The van der Waals surface area contributed by atoms with E-state index in [-0.39, 0.29) is 0 Å². The van der Waals surface area contributed by atoms with Crippen molar-refractivity contribution in [2.24, 2.45) is 0 Å². The molecular weight excluding hydrogens is 386 g/mol. The van der Waals surface area contributed by atoms with Crippen LogP contribution in [0.15, 0.2) is 40.5 Å². The molecule has 1 saturated carbocycles. The van der Waals surface area contributed by atoms with Crippen molar-refractivity contribution in [3.8, 4) is 0 Å². The fourth-order valence-corrected chi connectivity index (χ4v) is 4.89. The van der Waals surface area contributed by atoms with Crippen LogP contribution < -0.4 is 4.90 Å². The number of para-hydroxylation sites is 1. The van der Waals surface area contributed by atoms with Gasteiger partial charge in [0.1, 0.15) is 5.03 Å². The van der Waals surface area contributed by atoms with Crippen LogP contribution in [0.5, 0.6) is 0 Å². The van der Waals surface area contributed by atoms with Gasteiger partial charge in [0.2, 0.25) is 5.95 Å². The van der Waals surface area contributed by atoms with E-state index in [2.05, 4.69) is 36.9 Å². The number of nitrogens with zero attached hydrogens (tertiary/aromatic N) is 7. The van der Waals surface area contributed by atoms with Crippen LogP contribution in [0, 0.1) is 6.92 Å². The van der Waals surface area contributed by atoms with Crippen LogP contribution in [-0.4, -0.2) is 55.7 Å². The van der Waals surface area contributed by atoms with E-state index in [0.29, 0.717) is 6.04 Å². The molecule has 2 aliphatic rings. The number of hydrogen-bond acceptors (Lipinski definition) is 7. The van der Waals surface area contributed by atoms with Crippen LogP contribution in [0.2, 0.25) is 0 Å². The van der Waals surface area contributed by atoms with E-state index in [1.54, 1.807) is 11.8 Å². The van der Waals surface area contributed by atoms with Gasteiger partial charge in [-0.15, -0.1) is 10.2 Å². The number of benzene rings is 1. The lowest BCUT2D eigenvalue weighted by Crippen LogP contribution is -2.38. The number of morpholine rings is 1. The number of anilines is 1. The summed E-state index contributed by atoms with van der Waals surface area (Å²) in [6.07, 6.45) is 2.36. The lowest BCUT2D eigenvalue weighted by molar-refractivity contribution is 0.121. The summed E-state index contributed by atoms with van der Waals surface area (Å²) in [6, 6.07) is 10.8. The number of hydrogen-bond donors (Lipinski definition) is 0. The van der Waals surface area contributed by atoms with E-state index < -0.39 is 0 Å². The van der Waals surface area contributed by atoms with E-state index >= 15 is 0 Å². The first kappa shape index (κ1) is 17.2. The number of aromatic nitrogens is 6. The maximum absolute atomic E-state index is 5.51. The third-order valence-electron chi connectivity index (χ3n) is 5.43. The summed E-state index contributed by atoms with van der Waals surface area (Å²) in [5.41, 5.74) is 2.87. The van der Waals surface area contributed by atoms with Crippen molar-refractivity contribution in [3.05, 3.63) is 36.0 Å². The SMILES string of the molecule is Cc1cc2nc(Sc3nnc(N4CCOCC4)n3C3CC3)c3ccccc3n2n1. The number of fused-ring (bicyclic) bond motifs is 3. The van der Waals surface area contributed by atoms with Crippen LogP contribution in [0.25, 0.3) is 16.6 Å². The van der Waals surface area contributed by atoms with Gasteiger partial charge in [0, 0.05) is 30.6 Å². The molecule has 0 radical (unpaired) electrons. The Kier molecular flexibility index (Phi) is 3.98. The van der Waals surface area contributed by atoms with Crippen molar-refractivity contribution >= 4 is 34.3 Å². The van der Waals surface area contributed by atoms with Gasteiger partial charge in [0.05, 0.1) is 24.4 Å². The second kappa shape index (κ2) is 6.70. The average molecular weight is 408 g/mol. The fraction of sp³-hybridized carbons (Fsp3) is 0.400. The Labute approximate surface area is 171 Å². The highest BCUT2D eigenvalue weighted by atomic mass is 32.2. The first-order chi connectivity index (χ1) is 14.3. The van der Waals surface area contributed by atoms with Gasteiger partial charge >= 0.3 is 0 Å². The van der Waals surface area contributed by atoms with Crippen LogP contribution in [-0.2, 0) is 4.74 Å². The van der Waals surface area contributed by atoms with E-state index in [4.69, 9.17) is 9.72 Å². The molecule has 29 heavy (non-hydrogen) atoms. The summed E-state index contributed by atoms with van der Waals surface area (Å²) < 4.78 is 9.73. The molecule has 0 N–H and O–H groups in total. The molecule has 4 aromatic rings. The van der Waals surface area contributed by atoms with Gasteiger partial charge < -0.3 is 9.64 Å². The second-order valence-corrected chi connectivity index (χ2v) is 8.53. The highest BCUT2D eigenvalue weighted by Crippen LogP contribution is 2.43. The Morgan fingerprint density at radius 3 is 2.76 bits per heavy atom. The summed E-state index contributed by atoms with van der Waals surface area (Å²) in [5, 5.41) is 16.7. The third kappa shape index (κ3) is 2.96. The number of rotatable bonds is 4. The van der Waals surface area contributed by atoms with Crippen LogP contribution in [0.1, 0.15) is 24.6 Å². The minimum atomic E-state index is 0.484. The van der Waals surface area contributed by atoms with Crippen molar-refractivity contribution in [2.75, 3.05) is 31.2 Å².